The van der Waals surface area contributed by atoms with Crippen molar-refractivity contribution in [3.8, 4) is 11.5 Å². The number of rotatable bonds is 5. The minimum atomic E-state index is -0.330. The molecular weight excluding hydrogens is 430 g/mol. The second-order valence-electron chi connectivity index (χ2n) is 6.03. The number of ether oxygens (including phenoxy) is 1. The molecule has 0 aliphatic carbocycles. The van der Waals surface area contributed by atoms with E-state index in [1.165, 1.54) is 11.0 Å². The molecule has 2 aromatic rings. The van der Waals surface area contributed by atoms with Crippen LogP contribution in [-0.2, 0) is 11.3 Å². The molecule has 0 aromatic heterocycles. The third-order valence-electron chi connectivity index (χ3n) is 4.00. The molecule has 3 rings (SSSR count). The lowest BCUT2D eigenvalue weighted by atomic mass is 10.1. The number of phenols is 1. The summed E-state index contributed by atoms with van der Waals surface area (Å²) in [5, 5.41) is 9.62. The van der Waals surface area contributed by atoms with Crippen molar-refractivity contribution < 1.29 is 19.4 Å². The molecular formula is C20H18BrNO4S. The highest BCUT2D eigenvalue weighted by Crippen LogP contribution is 2.38. The van der Waals surface area contributed by atoms with Crippen LogP contribution in [0.15, 0.2) is 45.8 Å². The van der Waals surface area contributed by atoms with E-state index in [4.69, 9.17) is 4.74 Å². The molecule has 0 unspecified atom stereocenters. The van der Waals surface area contributed by atoms with Gasteiger partial charge >= 0.3 is 0 Å². The zero-order valence-electron chi connectivity index (χ0n) is 14.9. The first-order valence-corrected chi connectivity index (χ1v) is 9.96. The highest BCUT2D eigenvalue weighted by molar-refractivity contribution is 9.10. The molecule has 0 atom stereocenters. The predicted octanol–water partition coefficient (Wildman–Crippen LogP) is 5.10. The van der Waals surface area contributed by atoms with Crippen molar-refractivity contribution in [2.75, 3.05) is 6.61 Å². The number of aryl methyl sites for hydroxylation is 1. The van der Waals surface area contributed by atoms with Gasteiger partial charge < -0.3 is 9.84 Å². The number of benzene rings is 2. The molecule has 1 heterocycles. The number of halogens is 1. The van der Waals surface area contributed by atoms with Gasteiger partial charge in [0.1, 0.15) is 0 Å². The Bertz CT molecular complexity index is 924. The average Bonchev–Trinajstić information content (AvgIpc) is 2.88. The minimum Gasteiger partial charge on any atom is -0.504 e. The van der Waals surface area contributed by atoms with Gasteiger partial charge in [0.05, 0.1) is 18.1 Å². The number of phenolic OH excluding ortho intramolecular Hbond substituents is 1. The van der Waals surface area contributed by atoms with Crippen molar-refractivity contribution in [3.05, 3.63) is 62.5 Å². The van der Waals surface area contributed by atoms with Gasteiger partial charge in [0.15, 0.2) is 11.5 Å². The average molecular weight is 448 g/mol. The molecule has 1 fully saturated rings. The molecule has 0 bridgehead atoms. The van der Waals surface area contributed by atoms with E-state index in [0.717, 1.165) is 22.9 Å². The number of carbonyl (C=O) groups excluding carboxylic acids is 2. The molecule has 0 radical (unpaired) electrons. The minimum absolute atomic E-state index is 0.00773. The number of imide groups is 1. The Morgan fingerprint density at radius 3 is 2.59 bits per heavy atom. The summed E-state index contributed by atoms with van der Waals surface area (Å²) >= 11 is 4.28. The largest absolute Gasteiger partial charge is 0.504 e. The number of carbonyl (C=O) groups is 2. The van der Waals surface area contributed by atoms with Crippen molar-refractivity contribution in [3.63, 3.8) is 0 Å². The van der Waals surface area contributed by atoms with Gasteiger partial charge in [0.2, 0.25) is 0 Å². The summed E-state index contributed by atoms with van der Waals surface area (Å²) in [6.07, 6.45) is 1.63. The van der Waals surface area contributed by atoms with Gasteiger partial charge in [0.25, 0.3) is 11.1 Å². The first-order chi connectivity index (χ1) is 12.9. The number of thioether (sulfide) groups is 1. The van der Waals surface area contributed by atoms with Crippen LogP contribution in [0.2, 0.25) is 0 Å². The van der Waals surface area contributed by atoms with E-state index in [2.05, 4.69) is 15.9 Å². The van der Waals surface area contributed by atoms with E-state index >= 15 is 0 Å². The second-order valence-corrected chi connectivity index (χ2v) is 7.88. The van der Waals surface area contributed by atoms with E-state index in [-0.39, 0.29) is 23.4 Å². The molecule has 1 saturated heterocycles. The summed E-state index contributed by atoms with van der Waals surface area (Å²) in [5.74, 6) is 0.00249. The van der Waals surface area contributed by atoms with Crippen LogP contribution < -0.4 is 4.74 Å². The van der Waals surface area contributed by atoms with E-state index in [9.17, 15) is 14.7 Å². The summed E-state index contributed by atoms with van der Waals surface area (Å²) in [6, 6.07) is 10.9. The molecule has 1 N–H and O–H groups in total. The molecule has 2 aromatic carbocycles. The Balaban J connectivity index is 1.86. The van der Waals surface area contributed by atoms with Gasteiger partial charge in [-0.1, -0.05) is 45.8 Å². The fraction of sp³-hybridized carbons (Fsp3) is 0.200. The molecule has 1 aliphatic rings. The first-order valence-electron chi connectivity index (χ1n) is 8.35. The topological polar surface area (TPSA) is 66.8 Å². The van der Waals surface area contributed by atoms with E-state index in [1.807, 2.05) is 38.1 Å². The molecule has 1 aliphatic heterocycles. The number of nitrogens with zero attached hydrogens (tertiary/aromatic N) is 1. The summed E-state index contributed by atoms with van der Waals surface area (Å²) in [4.78, 5) is 26.6. The van der Waals surface area contributed by atoms with Gasteiger partial charge in [-0.15, -0.1) is 0 Å². The van der Waals surface area contributed by atoms with Crippen LogP contribution in [-0.4, -0.2) is 27.8 Å². The van der Waals surface area contributed by atoms with Crippen LogP contribution in [0.4, 0.5) is 4.79 Å². The maximum atomic E-state index is 12.7. The van der Waals surface area contributed by atoms with Gasteiger partial charge in [-0.05, 0) is 54.9 Å². The van der Waals surface area contributed by atoms with Crippen LogP contribution >= 0.6 is 27.7 Å². The summed E-state index contributed by atoms with van der Waals surface area (Å²) < 4.78 is 5.99. The fourth-order valence-electron chi connectivity index (χ4n) is 2.59. The van der Waals surface area contributed by atoms with Crippen LogP contribution in [0.5, 0.6) is 11.5 Å². The SMILES string of the molecule is CCOc1cc(C=C2SC(=O)N(Cc3ccc(C)cc3)C2=O)c(Br)cc1O. The van der Waals surface area contributed by atoms with Crippen molar-refractivity contribution in [1.29, 1.82) is 0 Å². The van der Waals surface area contributed by atoms with E-state index in [1.54, 1.807) is 12.1 Å². The van der Waals surface area contributed by atoms with Crippen LogP contribution in [0.1, 0.15) is 23.6 Å². The lowest BCUT2D eigenvalue weighted by molar-refractivity contribution is -0.123. The van der Waals surface area contributed by atoms with Gasteiger partial charge in [-0.2, -0.15) is 0 Å². The Morgan fingerprint density at radius 1 is 1.22 bits per heavy atom. The summed E-state index contributed by atoms with van der Waals surface area (Å²) in [7, 11) is 0. The normalized spacial score (nSPS) is 15.7. The molecule has 27 heavy (non-hydrogen) atoms. The van der Waals surface area contributed by atoms with Gasteiger partial charge in [-0.25, -0.2) is 0 Å². The fourth-order valence-corrected chi connectivity index (χ4v) is 3.87. The first kappa shape index (κ1) is 19.5. The number of hydrogen-bond donors (Lipinski definition) is 1. The van der Waals surface area contributed by atoms with E-state index in [0.29, 0.717) is 27.3 Å². The predicted molar refractivity (Wildman–Crippen MR) is 110 cm³/mol. The number of hydrogen-bond acceptors (Lipinski definition) is 5. The monoisotopic (exact) mass is 447 g/mol. The molecule has 2 amide bonds. The summed E-state index contributed by atoms with van der Waals surface area (Å²) in [6.45, 7) is 4.45. The lowest BCUT2D eigenvalue weighted by Crippen LogP contribution is -2.27. The highest BCUT2D eigenvalue weighted by atomic mass is 79.9. The van der Waals surface area contributed by atoms with Crippen molar-refractivity contribution in [2.24, 2.45) is 0 Å². The zero-order valence-corrected chi connectivity index (χ0v) is 17.3. The molecule has 140 valence electrons. The van der Waals surface area contributed by atoms with Crippen LogP contribution in [0, 0.1) is 6.92 Å². The maximum Gasteiger partial charge on any atom is 0.293 e. The lowest BCUT2D eigenvalue weighted by Gasteiger charge is -2.12. The van der Waals surface area contributed by atoms with E-state index < -0.39 is 0 Å². The standard InChI is InChI=1S/C20H18BrNO4S/c1-3-26-17-8-14(15(21)10-16(17)23)9-18-19(24)22(20(25)27-18)11-13-6-4-12(2)5-7-13/h4-10,23H,3,11H2,1-2H3. The Labute approximate surface area is 170 Å². The highest BCUT2D eigenvalue weighted by Gasteiger charge is 2.35. The Morgan fingerprint density at radius 2 is 1.93 bits per heavy atom. The molecule has 0 saturated carbocycles. The summed E-state index contributed by atoms with van der Waals surface area (Å²) in [5.41, 5.74) is 2.67. The molecule has 0 spiro atoms. The number of amides is 2. The third-order valence-corrected chi connectivity index (χ3v) is 5.59. The van der Waals surface area contributed by atoms with Crippen LogP contribution in [0.25, 0.3) is 6.08 Å². The van der Waals surface area contributed by atoms with Crippen molar-refractivity contribution in [1.82, 2.24) is 4.90 Å². The molecule has 7 heteroatoms. The third kappa shape index (κ3) is 4.36. The van der Waals surface area contributed by atoms with Gasteiger partial charge in [-0.3, -0.25) is 14.5 Å². The second kappa shape index (κ2) is 8.19. The smallest absolute Gasteiger partial charge is 0.293 e. The van der Waals surface area contributed by atoms with Gasteiger partial charge in [0, 0.05) is 4.47 Å². The van der Waals surface area contributed by atoms with Crippen molar-refractivity contribution in [2.45, 2.75) is 20.4 Å². The Hall–Kier alpha value is -2.25. The van der Waals surface area contributed by atoms with Crippen LogP contribution in [0.3, 0.4) is 0 Å². The quantitative estimate of drug-likeness (QED) is 0.645. The Kier molecular flexibility index (Phi) is 5.92. The zero-order chi connectivity index (χ0) is 19.6. The number of aromatic hydroxyl groups is 1. The van der Waals surface area contributed by atoms with Crippen molar-refractivity contribution >= 4 is 44.9 Å². The maximum absolute atomic E-state index is 12.7. The molecule has 5 nitrogen and oxygen atoms in total.